The van der Waals surface area contributed by atoms with Crippen molar-refractivity contribution >= 4 is 28.9 Å². The van der Waals surface area contributed by atoms with E-state index in [9.17, 15) is 9.18 Å². The molecule has 8 heteroatoms. The molecule has 0 atom stereocenters. The topological polar surface area (TPSA) is 79.4 Å². The fourth-order valence-electron chi connectivity index (χ4n) is 3.30. The van der Waals surface area contributed by atoms with Gasteiger partial charge in [0.2, 0.25) is 17.8 Å². The minimum atomic E-state index is -0.655. The molecule has 31 heavy (non-hydrogen) atoms. The van der Waals surface area contributed by atoms with Crippen LogP contribution in [0, 0.1) is 5.95 Å². The molecule has 1 saturated heterocycles. The first-order valence-electron chi connectivity index (χ1n) is 9.89. The molecule has 2 heterocycles. The van der Waals surface area contributed by atoms with Crippen LogP contribution in [0.15, 0.2) is 67.3 Å². The molecule has 0 radical (unpaired) electrons. The number of ether oxygens (including phenoxy) is 1. The summed E-state index contributed by atoms with van der Waals surface area (Å²) in [6.45, 7) is 6.47. The summed E-state index contributed by atoms with van der Waals surface area (Å²) in [5, 5.41) is 5.77. The maximum absolute atomic E-state index is 14.3. The Kier molecular flexibility index (Phi) is 6.18. The van der Waals surface area contributed by atoms with Gasteiger partial charge in [-0.25, -0.2) is 4.98 Å². The lowest BCUT2D eigenvalue weighted by molar-refractivity contribution is -0.111. The van der Waals surface area contributed by atoms with Gasteiger partial charge in [0.1, 0.15) is 0 Å². The molecule has 0 saturated carbocycles. The molecule has 4 rings (SSSR count). The van der Waals surface area contributed by atoms with E-state index in [-0.39, 0.29) is 11.9 Å². The Balaban J connectivity index is 1.57. The summed E-state index contributed by atoms with van der Waals surface area (Å²) < 4.78 is 19.7. The fraction of sp³-hybridized carbons (Fsp3) is 0.174. The number of hydrogen-bond donors (Lipinski definition) is 2. The van der Waals surface area contributed by atoms with Gasteiger partial charge >= 0.3 is 0 Å². The van der Waals surface area contributed by atoms with Crippen LogP contribution in [-0.4, -0.2) is 42.2 Å². The summed E-state index contributed by atoms with van der Waals surface area (Å²) in [6, 6.07) is 16.1. The van der Waals surface area contributed by atoms with Crippen molar-refractivity contribution < 1.29 is 13.9 Å². The molecule has 0 spiro atoms. The minimum Gasteiger partial charge on any atom is -0.378 e. The van der Waals surface area contributed by atoms with Crippen molar-refractivity contribution in [1.29, 1.82) is 0 Å². The van der Waals surface area contributed by atoms with E-state index in [2.05, 4.69) is 32.1 Å². The van der Waals surface area contributed by atoms with Crippen LogP contribution < -0.4 is 15.5 Å². The van der Waals surface area contributed by atoms with Crippen LogP contribution >= 0.6 is 0 Å². The van der Waals surface area contributed by atoms with Gasteiger partial charge in [0.15, 0.2) is 0 Å². The quantitative estimate of drug-likeness (QED) is 0.465. The molecular weight excluding hydrogens is 397 g/mol. The van der Waals surface area contributed by atoms with Crippen molar-refractivity contribution in [3.8, 4) is 11.3 Å². The van der Waals surface area contributed by atoms with E-state index in [1.54, 1.807) is 24.3 Å². The van der Waals surface area contributed by atoms with Crippen molar-refractivity contribution in [3.63, 3.8) is 0 Å². The summed E-state index contributed by atoms with van der Waals surface area (Å²) in [4.78, 5) is 22.1. The number of nitrogens with one attached hydrogen (secondary N) is 2. The maximum Gasteiger partial charge on any atom is 0.247 e. The third-order valence-electron chi connectivity index (χ3n) is 4.78. The second kappa shape index (κ2) is 9.36. The Bertz CT molecular complexity index is 1100. The van der Waals surface area contributed by atoms with Crippen molar-refractivity contribution in [2.24, 2.45) is 0 Å². The van der Waals surface area contributed by atoms with Crippen molar-refractivity contribution in [1.82, 2.24) is 9.97 Å². The molecule has 1 amide bonds. The van der Waals surface area contributed by atoms with Gasteiger partial charge in [-0.15, -0.1) is 0 Å². The first-order chi connectivity index (χ1) is 15.1. The SMILES string of the molecule is C=CC(=O)Nc1cccc(-c2cc(F)nc(Nc3cccc(N4CCOCC4)c3)n2)c1. The van der Waals surface area contributed by atoms with Gasteiger partial charge in [0.25, 0.3) is 0 Å². The van der Waals surface area contributed by atoms with Gasteiger partial charge in [-0.1, -0.05) is 24.8 Å². The lowest BCUT2D eigenvalue weighted by Crippen LogP contribution is -2.36. The third kappa shape index (κ3) is 5.23. The Morgan fingerprint density at radius 2 is 1.84 bits per heavy atom. The number of carbonyl (C=O) groups is 1. The summed E-state index contributed by atoms with van der Waals surface area (Å²) in [5.41, 5.74) is 3.42. The largest absolute Gasteiger partial charge is 0.378 e. The highest BCUT2D eigenvalue weighted by Gasteiger charge is 2.12. The van der Waals surface area contributed by atoms with Crippen LogP contribution in [0.1, 0.15) is 0 Å². The maximum atomic E-state index is 14.3. The van der Waals surface area contributed by atoms with Crippen molar-refractivity contribution in [2.75, 3.05) is 41.8 Å². The van der Waals surface area contributed by atoms with Crippen LogP contribution in [0.5, 0.6) is 0 Å². The average molecular weight is 419 g/mol. The van der Waals surface area contributed by atoms with E-state index in [0.717, 1.165) is 24.5 Å². The molecule has 0 bridgehead atoms. The predicted molar refractivity (Wildman–Crippen MR) is 119 cm³/mol. The summed E-state index contributed by atoms with van der Waals surface area (Å²) in [5.74, 6) is -0.833. The van der Waals surface area contributed by atoms with Gasteiger partial charge in [-0.3, -0.25) is 4.79 Å². The normalized spacial score (nSPS) is 13.5. The second-order valence-corrected chi connectivity index (χ2v) is 6.95. The molecule has 3 aromatic rings. The number of rotatable bonds is 6. The van der Waals surface area contributed by atoms with E-state index in [0.29, 0.717) is 30.2 Å². The molecule has 158 valence electrons. The van der Waals surface area contributed by atoms with E-state index in [1.807, 2.05) is 24.3 Å². The van der Waals surface area contributed by atoms with Crippen molar-refractivity contribution in [2.45, 2.75) is 0 Å². The number of morpholine rings is 1. The minimum absolute atomic E-state index is 0.148. The number of hydrogen-bond acceptors (Lipinski definition) is 6. The standard InChI is InChI=1S/C23H22FN5O2/c1-2-22(30)25-17-6-3-5-16(13-17)20-15-21(24)28-23(27-20)26-18-7-4-8-19(14-18)29-9-11-31-12-10-29/h2-8,13-15H,1,9-12H2,(H,25,30)(H,26,27,28). The van der Waals surface area contributed by atoms with Gasteiger partial charge < -0.3 is 20.3 Å². The monoisotopic (exact) mass is 419 g/mol. The van der Waals surface area contributed by atoms with Crippen LogP contribution in [0.25, 0.3) is 11.3 Å². The number of halogens is 1. The van der Waals surface area contributed by atoms with E-state index < -0.39 is 5.95 Å². The summed E-state index contributed by atoms with van der Waals surface area (Å²) in [6.07, 6.45) is 1.18. The van der Waals surface area contributed by atoms with Gasteiger partial charge in [0, 0.05) is 41.8 Å². The molecule has 2 N–H and O–H groups in total. The molecule has 0 unspecified atom stereocenters. The van der Waals surface area contributed by atoms with Crippen LogP contribution in [0.2, 0.25) is 0 Å². The zero-order valence-corrected chi connectivity index (χ0v) is 16.8. The number of aromatic nitrogens is 2. The number of anilines is 4. The van der Waals surface area contributed by atoms with Gasteiger partial charge in [-0.2, -0.15) is 9.37 Å². The molecule has 2 aromatic carbocycles. The zero-order chi connectivity index (χ0) is 21.6. The number of nitrogens with zero attached hydrogens (tertiary/aromatic N) is 3. The second-order valence-electron chi connectivity index (χ2n) is 6.95. The number of amides is 1. The van der Waals surface area contributed by atoms with E-state index in [1.165, 1.54) is 12.1 Å². The Hall–Kier alpha value is -3.78. The number of benzene rings is 2. The first kappa shape index (κ1) is 20.5. The van der Waals surface area contributed by atoms with Gasteiger partial charge in [0.05, 0.1) is 18.9 Å². The molecule has 1 aliphatic heterocycles. The fourth-order valence-corrected chi connectivity index (χ4v) is 3.30. The molecule has 1 aliphatic rings. The van der Waals surface area contributed by atoms with E-state index in [4.69, 9.17) is 4.74 Å². The molecule has 0 aliphatic carbocycles. The van der Waals surface area contributed by atoms with Crippen molar-refractivity contribution in [3.05, 3.63) is 73.2 Å². The molecular formula is C23H22FN5O2. The first-order valence-corrected chi connectivity index (χ1v) is 9.89. The Morgan fingerprint density at radius 1 is 1.06 bits per heavy atom. The predicted octanol–water partition coefficient (Wildman–Crippen LogP) is 3.99. The summed E-state index contributed by atoms with van der Waals surface area (Å²) in [7, 11) is 0. The van der Waals surface area contributed by atoms with Gasteiger partial charge in [-0.05, 0) is 36.4 Å². The lowest BCUT2D eigenvalue weighted by Gasteiger charge is -2.29. The van der Waals surface area contributed by atoms with Crippen LogP contribution in [-0.2, 0) is 9.53 Å². The Labute approximate surface area is 179 Å². The highest BCUT2D eigenvalue weighted by molar-refractivity contribution is 5.99. The summed E-state index contributed by atoms with van der Waals surface area (Å²) >= 11 is 0. The highest BCUT2D eigenvalue weighted by atomic mass is 19.1. The van der Waals surface area contributed by atoms with E-state index >= 15 is 0 Å². The smallest absolute Gasteiger partial charge is 0.247 e. The molecule has 7 nitrogen and oxygen atoms in total. The molecule has 1 aromatic heterocycles. The third-order valence-corrected chi connectivity index (χ3v) is 4.78. The zero-order valence-electron chi connectivity index (χ0n) is 16.8. The number of carbonyl (C=O) groups excluding carboxylic acids is 1. The lowest BCUT2D eigenvalue weighted by atomic mass is 10.1. The highest BCUT2D eigenvalue weighted by Crippen LogP contribution is 2.25. The van der Waals surface area contributed by atoms with Crippen LogP contribution in [0.4, 0.5) is 27.4 Å². The average Bonchev–Trinajstić information content (AvgIpc) is 2.79. The Morgan fingerprint density at radius 3 is 2.65 bits per heavy atom. The van der Waals surface area contributed by atoms with Crippen LogP contribution in [0.3, 0.4) is 0 Å². The molecule has 1 fully saturated rings.